The number of rotatable bonds is 5. The predicted octanol–water partition coefficient (Wildman–Crippen LogP) is 2.77. The number of benzene rings is 1. The van der Waals surface area contributed by atoms with E-state index in [0.717, 1.165) is 29.3 Å². The van der Waals surface area contributed by atoms with Crippen molar-refractivity contribution in [2.75, 3.05) is 5.32 Å². The molecular formula is C18H22N6S. The second-order valence-electron chi connectivity index (χ2n) is 5.94. The van der Waals surface area contributed by atoms with Gasteiger partial charge in [-0.15, -0.1) is 0 Å². The number of nitrogens with one attached hydrogen (secondary N) is 2. The van der Waals surface area contributed by atoms with Gasteiger partial charge in [0.15, 0.2) is 5.11 Å². The maximum atomic E-state index is 5.42. The summed E-state index contributed by atoms with van der Waals surface area (Å²) >= 11 is 5.42. The van der Waals surface area contributed by atoms with E-state index in [1.807, 2.05) is 47.6 Å². The molecule has 0 saturated carbocycles. The molecule has 130 valence electrons. The van der Waals surface area contributed by atoms with Crippen molar-refractivity contribution in [2.24, 2.45) is 7.05 Å². The zero-order valence-electron chi connectivity index (χ0n) is 14.7. The van der Waals surface area contributed by atoms with Gasteiger partial charge in [-0.1, -0.05) is 30.3 Å². The number of aromatic nitrogens is 4. The molecule has 0 aliphatic heterocycles. The molecule has 0 amide bonds. The van der Waals surface area contributed by atoms with Crippen molar-refractivity contribution < 1.29 is 0 Å². The lowest BCUT2D eigenvalue weighted by atomic mass is 10.2. The number of hydrogen-bond acceptors (Lipinski definition) is 3. The third kappa shape index (κ3) is 4.06. The number of nitrogens with zero attached hydrogens (tertiary/aromatic N) is 4. The largest absolute Gasteiger partial charge is 0.357 e. The van der Waals surface area contributed by atoms with Crippen molar-refractivity contribution in [3.8, 4) is 0 Å². The van der Waals surface area contributed by atoms with Crippen molar-refractivity contribution in [1.29, 1.82) is 0 Å². The molecule has 2 aromatic heterocycles. The van der Waals surface area contributed by atoms with Gasteiger partial charge >= 0.3 is 0 Å². The summed E-state index contributed by atoms with van der Waals surface area (Å²) in [4.78, 5) is 0. The summed E-state index contributed by atoms with van der Waals surface area (Å²) in [5.41, 5.74) is 5.23. The summed E-state index contributed by atoms with van der Waals surface area (Å²) in [6.45, 7) is 5.40. The van der Waals surface area contributed by atoms with Crippen LogP contribution in [0.5, 0.6) is 0 Å². The molecule has 0 bridgehead atoms. The third-order valence-corrected chi connectivity index (χ3v) is 4.39. The first kappa shape index (κ1) is 17.2. The van der Waals surface area contributed by atoms with Crippen molar-refractivity contribution in [3.05, 3.63) is 65.2 Å². The van der Waals surface area contributed by atoms with Crippen LogP contribution in [0.2, 0.25) is 0 Å². The SMILES string of the molecule is Cc1nn(Cc2ccccc2)c(C)c1NC(=S)NCc1ccnn1C. The van der Waals surface area contributed by atoms with Gasteiger partial charge in [-0.2, -0.15) is 10.2 Å². The quantitative estimate of drug-likeness (QED) is 0.690. The second kappa shape index (κ2) is 7.48. The fourth-order valence-corrected chi connectivity index (χ4v) is 2.87. The van der Waals surface area contributed by atoms with Gasteiger partial charge in [-0.25, -0.2) is 0 Å². The minimum Gasteiger partial charge on any atom is -0.357 e. The van der Waals surface area contributed by atoms with Crippen molar-refractivity contribution in [1.82, 2.24) is 24.9 Å². The lowest BCUT2D eigenvalue weighted by Gasteiger charge is -2.11. The van der Waals surface area contributed by atoms with Crippen LogP contribution in [0, 0.1) is 13.8 Å². The maximum Gasteiger partial charge on any atom is 0.171 e. The number of anilines is 1. The minimum absolute atomic E-state index is 0.576. The molecule has 0 aliphatic rings. The molecular weight excluding hydrogens is 332 g/mol. The van der Waals surface area contributed by atoms with Crippen LogP contribution in [-0.2, 0) is 20.1 Å². The lowest BCUT2D eigenvalue weighted by molar-refractivity contribution is 0.659. The molecule has 0 unspecified atom stereocenters. The Balaban J connectivity index is 1.66. The Labute approximate surface area is 152 Å². The molecule has 0 saturated heterocycles. The summed E-state index contributed by atoms with van der Waals surface area (Å²) in [5, 5.41) is 15.8. The van der Waals surface area contributed by atoms with Crippen LogP contribution < -0.4 is 10.6 Å². The first-order valence-corrected chi connectivity index (χ1v) is 8.55. The minimum atomic E-state index is 0.576. The highest BCUT2D eigenvalue weighted by molar-refractivity contribution is 7.80. The fourth-order valence-electron chi connectivity index (χ4n) is 2.69. The van der Waals surface area contributed by atoms with E-state index >= 15 is 0 Å². The van der Waals surface area contributed by atoms with E-state index < -0.39 is 0 Å². The van der Waals surface area contributed by atoms with Crippen molar-refractivity contribution in [2.45, 2.75) is 26.9 Å². The Morgan fingerprint density at radius 1 is 1.16 bits per heavy atom. The number of aryl methyl sites for hydroxylation is 2. The first-order chi connectivity index (χ1) is 12.0. The third-order valence-electron chi connectivity index (χ3n) is 4.15. The van der Waals surface area contributed by atoms with E-state index in [2.05, 4.69) is 39.9 Å². The topological polar surface area (TPSA) is 59.7 Å². The Hall–Kier alpha value is -2.67. The molecule has 3 aromatic rings. The molecule has 2 heterocycles. The number of thiocarbonyl (C=S) groups is 1. The second-order valence-corrected chi connectivity index (χ2v) is 6.35. The molecule has 1 aromatic carbocycles. The van der Waals surface area contributed by atoms with Gasteiger partial charge < -0.3 is 10.6 Å². The van der Waals surface area contributed by atoms with Crippen LogP contribution in [0.4, 0.5) is 5.69 Å². The highest BCUT2D eigenvalue weighted by Gasteiger charge is 2.13. The number of hydrogen-bond donors (Lipinski definition) is 2. The first-order valence-electron chi connectivity index (χ1n) is 8.14. The molecule has 6 nitrogen and oxygen atoms in total. The average molecular weight is 354 g/mol. The Bertz CT molecular complexity index is 865. The van der Waals surface area contributed by atoms with Crippen LogP contribution in [0.25, 0.3) is 0 Å². The highest BCUT2D eigenvalue weighted by Crippen LogP contribution is 2.20. The van der Waals surface area contributed by atoms with E-state index in [-0.39, 0.29) is 0 Å². The van der Waals surface area contributed by atoms with E-state index in [4.69, 9.17) is 12.2 Å². The fraction of sp³-hybridized carbons (Fsp3) is 0.278. The van der Waals surface area contributed by atoms with Crippen molar-refractivity contribution in [3.63, 3.8) is 0 Å². The van der Waals surface area contributed by atoms with Gasteiger partial charge in [-0.05, 0) is 37.7 Å². The normalized spacial score (nSPS) is 10.7. The smallest absolute Gasteiger partial charge is 0.171 e. The van der Waals surface area contributed by atoms with Gasteiger partial charge in [0.25, 0.3) is 0 Å². The van der Waals surface area contributed by atoms with Crippen LogP contribution >= 0.6 is 12.2 Å². The van der Waals surface area contributed by atoms with Gasteiger partial charge in [-0.3, -0.25) is 9.36 Å². The summed E-state index contributed by atoms with van der Waals surface area (Å²) in [7, 11) is 1.91. The summed E-state index contributed by atoms with van der Waals surface area (Å²) in [6, 6.07) is 12.3. The van der Waals surface area contributed by atoms with Gasteiger partial charge in [0.2, 0.25) is 0 Å². The molecule has 3 rings (SSSR count). The summed E-state index contributed by atoms with van der Waals surface area (Å²) < 4.78 is 3.82. The lowest BCUT2D eigenvalue weighted by Crippen LogP contribution is -2.29. The van der Waals surface area contributed by atoms with Crippen LogP contribution in [-0.4, -0.2) is 24.7 Å². The Morgan fingerprint density at radius 3 is 2.60 bits per heavy atom. The highest BCUT2D eigenvalue weighted by atomic mass is 32.1. The molecule has 0 aliphatic carbocycles. The maximum absolute atomic E-state index is 5.42. The van der Waals surface area contributed by atoms with Crippen LogP contribution in [0.3, 0.4) is 0 Å². The molecule has 0 atom stereocenters. The molecule has 0 spiro atoms. The van der Waals surface area contributed by atoms with Crippen LogP contribution in [0.1, 0.15) is 22.6 Å². The van der Waals surface area contributed by atoms with E-state index in [0.29, 0.717) is 11.7 Å². The van der Waals surface area contributed by atoms with E-state index in [1.165, 1.54) is 5.56 Å². The van der Waals surface area contributed by atoms with Gasteiger partial charge in [0, 0.05) is 13.2 Å². The van der Waals surface area contributed by atoms with Gasteiger partial charge in [0.1, 0.15) is 0 Å². The Morgan fingerprint density at radius 2 is 1.92 bits per heavy atom. The standard InChI is InChI=1S/C18H22N6S/c1-13-17(21-18(25)19-11-16-9-10-20-23(16)3)14(2)24(22-13)12-15-7-5-4-6-8-15/h4-10H,11-12H2,1-3H3,(H2,19,21,25). The zero-order valence-corrected chi connectivity index (χ0v) is 15.5. The Kier molecular flexibility index (Phi) is 5.14. The molecule has 2 N–H and O–H groups in total. The molecule has 7 heteroatoms. The summed E-state index contributed by atoms with van der Waals surface area (Å²) in [6.07, 6.45) is 1.77. The predicted molar refractivity (Wildman–Crippen MR) is 104 cm³/mol. The average Bonchev–Trinajstić information content (AvgIpc) is 3.12. The molecule has 0 fully saturated rings. The monoisotopic (exact) mass is 354 g/mol. The summed E-state index contributed by atoms with van der Waals surface area (Å²) in [5.74, 6) is 0. The molecule has 25 heavy (non-hydrogen) atoms. The van der Waals surface area contributed by atoms with Gasteiger partial charge in [0.05, 0.1) is 35.9 Å². The van der Waals surface area contributed by atoms with Crippen molar-refractivity contribution >= 4 is 23.0 Å². The zero-order chi connectivity index (χ0) is 17.8. The molecule has 0 radical (unpaired) electrons. The van der Waals surface area contributed by atoms with Crippen LogP contribution in [0.15, 0.2) is 42.6 Å². The van der Waals surface area contributed by atoms with E-state index in [9.17, 15) is 0 Å². The van der Waals surface area contributed by atoms with E-state index in [1.54, 1.807) is 6.20 Å².